The van der Waals surface area contributed by atoms with Crippen LogP contribution >= 0.6 is 0 Å². The van der Waals surface area contributed by atoms with Crippen molar-refractivity contribution in [3.8, 4) is 0 Å². The molecular weight excluding hydrogens is 290 g/mol. The van der Waals surface area contributed by atoms with Gasteiger partial charge in [0.2, 0.25) is 0 Å². The van der Waals surface area contributed by atoms with E-state index in [0.29, 0.717) is 5.92 Å². The van der Waals surface area contributed by atoms with Crippen molar-refractivity contribution in [2.24, 2.45) is 11.8 Å². The van der Waals surface area contributed by atoms with Gasteiger partial charge in [0.05, 0.1) is 0 Å². The molecule has 0 aliphatic carbocycles. The molecule has 0 spiro atoms. The van der Waals surface area contributed by atoms with Crippen LogP contribution in [0.1, 0.15) is 45.4 Å². The molecule has 0 radical (unpaired) electrons. The van der Waals surface area contributed by atoms with Gasteiger partial charge in [0.25, 0.3) is 0 Å². The summed E-state index contributed by atoms with van der Waals surface area (Å²) in [5, 5.41) is 3.07. The number of rotatable bonds is 7. The number of amides is 2. The van der Waals surface area contributed by atoms with Gasteiger partial charge in [0.1, 0.15) is 0 Å². The molecule has 3 rings (SSSR count). The molecule has 3 atom stereocenters. The quantitative estimate of drug-likeness (QED) is 0.731. The summed E-state index contributed by atoms with van der Waals surface area (Å²) >= 11 is 0. The molecule has 3 fully saturated rings. The molecule has 132 valence electrons. The number of urea groups is 1. The highest BCUT2D eigenvalue weighted by Gasteiger charge is 2.48. The van der Waals surface area contributed by atoms with Crippen molar-refractivity contribution in [1.82, 2.24) is 15.1 Å². The number of hydrogen-bond acceptors (Lipinski definition) is 3. The molecule has 3 aliphatic rings. The van der Waals surface area contributed by atoms with E-state index >= 15 is 0 Å². The second-order valence-corrected chi connectivity index (χ2v) is 7.44. The SMILES string of the molecule is CCCCOCCCNC(=O)N1C[C@@H]2CN3CCCC[C@@H]3[C@@H]2C1. The fourth-order valence-corrected chi connectivity index (χ4v) is 4.55. The van der Waals surface area contributed by atoms with Crippen molar-refractivity contribution in [2.45, 2.75) is 51.5 Å². The number of carbonyl (C=O) groups excluding carboxylic acids is 1. The maximum Gasteiger partial charge on any atom is 0.317 e. The molecule has 0 bridgehead atoms. The largest absolute Gasteiger partial charge is 0.381 e. The van der Waals surface area contributed by atoms with Crippen molar-refractivity contribution in [2.75, 3.05) is 45.9 Å². The molecular formula is C18H33N3O2. The van der Waals surface area contributed by atoms with Crippen molar-refractivity contribution >= 4 is 6.03 Å². The Labute approximate surface area is 140 Å². The van der Waals surface area contributed by atoms with Crippen molar-refractivity contribution in [1.29, 1.82) is 0 Å². The lowest BCUT2D eigenvalue weighted by atomic mass is 9.90. The van der Waals surface area contributed by atoms with Gasteiger partial charge in [0, 0.05) is 45.4 Å². The fourth-order valence-electron chi connectivity index (χ4n) is 4.55. The number of nitrogens with zero attached hydrogens (tertiary/aromatic N) is 2. The molecule has 0 aromatic carbocycles. The van der Waals surface area contributed by atoms with Crippen LogP contribution in [0.2, 0.25) is 0 Å². The number of piperidine rings is 1. The first-order valence-corrected chi connectivity index (χ1v) is 9.64. The van der Waals surface area contributed by atoms with Crippen LogP contribution in [0.5, 0.6) is 0 Å². The predicted molar refractivity (Wildman–Crippen MR) is 91.5 cm³/mol. The van der Waals surface area contributed by atoms with Crippen LogP contribution in [0.4, 0.5) is 4.79 Å². The Bertz CT molecular complexity index is 390. The Morgan fingerprint density at radius 1 is 1.17 bits per heavy atom. The molecule has 0 aromatic rings. The minimum atomic E-state index is 0.135. The summed E-state index contributed by atoms with van der Waals surface area (Å²) in [6, 6.07) is 0.883. The molecule has 3 saturated heterocycles. The number of fused-ring (bicyclic) bond motifs is 3. The summed E-state index contributed by atoms with van der Waals surface area (Å²) < 4.78 is 5.53. The minimum absolute atomic E-state index is 0.135. The normalized spacial score (nSPS) is 30.3. The summed E-state index contributed by atoms with van der Waals surface area (Å²) in [5.41, 5.74) is 0. The van der Waals surface area contributed by atoms with Crippen LogP contribution in [0.15, 0.2) is 0 Å². The van der Waals surface area contributed by atoms with E-state index < -0.39 is 0 Å². The molecule has 2 amide bonds. The van der Waals surface area contributed by atoms with E-state index in [1.165, 1.54) is 38.8 Å². The number of unbranched alkanes of at least 4 members (excludes halogenated alkanes) is 1. The van der Waals surface area contributed by atoms with Crippen LogP contribution in [0, 0.1) is 11.8 Å². The lowest BCUT2D eigenvalue weighted by Gasteiger charge is -2.33. The van der Waals surface area contributed by atoms with E-state index in [-0.39, 0.29) is 6.03 Å². The third-order valence-electron chi connectivity index (χ3n) is 5.79. The number of hydrogen-bond donors (Lipinski definition) is 1. The number of likely N-dealkylation sites (tertiary alicyclic amines) is 1. The molecule has 3 heterocycles. The van der Waals surface area contributed by atoms with E-state index in [2.05, 4.69) is 22.0 Å². The Kier molecular flexibility index (Phi) is 6.17. The van der Waals surface area contributed by atoms with Gasteiger partial charge >= 0.3 is 6.03 Å². The van der Waals surface area contributed by atoms with Gasteiger partial charge in [-0.2, -0.15) is 0 Å². The standard InChI is InChI=1S/C18H33N3O2/c1-2-3-10-23-11-6-8-19-18(22)21-13-15-12-20-9-5-4-7-17(20)16(15)14-21/h15-17H,2-14H2,1H3,(H,19,22)/t15-,16+,17+/m0/s1. The van der Waals surface area contributed by atoms with E-state index in [4.69, 9.17) is 4.74 Å². The van der Waals surface area contributed by atoms with Gasteiger partial charge in [-0.05, 0) is 44.1 Å². The van der Waals surface area contributed by atoms with Crippen molar-refractivity contribution < 1.29 is 9.53 Å². The first-order chi connectivity index (χ1) is 11.3. The predicted octanol–water partition coefficient (Wildman–Crippen LogP) is 2.32. The fraction of sp³-hybridized carbons (Fsp3) is 0.944. The van der Waals surface area contributed by atoms with Gasteiger partial charge in [-0.15, -0.1) is 0 Å². The zero-order chi connectivity index (χ0) is 16.1. The van der Waals surface area contributed by atoms with Gasteiger partial charge in [-0.1, -0.05) is 19.8 Å². The Hall–Kier alpha value is -0.810. The van der Waals surface area contributed by atoms with Crippen molar-refractivity contribution in [3.63, 3.8) is 0 Å². The second-order valence-electron chi connectivity index (χ2n) is 7.44. The highest BCUT2D eigenvalue weighted by atomic mass is 16.5. The lowest BCUT2D eigenvalue weighted by Crippen LogP contribution is -2.44. The number of carbonyl (C=O) groups is 1. The van der Waals surface area contributed by atoms with Crippen LogP contribution in [0.3, 0.4) is 0 Å². The lowest BCUT2D eigenvalue weighted by molar-refractivity contribution is 0.128. The Balaban J connectivity index is 1.33. The summed E-state index contributed by atoms with van der Waals surface area (Å²) in [6.45, 7) is 8.90. The minimum Gasteiger partial charge on any atom is -0.381 e. The number of nitrogens with one attached hydrogen (secondary N) is 1. The molecule has 0 saturated carbocycles. The average Bonchev–Trinajstić information content (AvgIpc) is 3.11. The number of ether oxygens (including phenoxy) is 1. The van der Waals surface area contributed by atoms with Gasteiger partial charge in [-0.3, -0.25) is 4.90 Å². The van der Waals surface area contributed by atoms with Crippen molar-refractivity contribution in [3.05, 3.63) is 0 Å². The molecule has 3 aliphatic heterocycles. The summed E-state index contributed by atoms with van der Waals surface area (Å²) in [7, 11) is 0. The molecule has 5 heteroatoms. The van der Waals surface area contributed by atoms with E-state index in [1.807, 2.05) is 0 Å². The monoisotopic (exact) mass is 323 g/mol. The molecule has 0 aromatic heterocycles. The third kappa shape index (κ3) is 4.18. The van der Waals surface area contributed by atoms with Crippen LogP contribution in [0.25, 0.3) is 0 Å². The van der Waals surface area contributed by atoms with E-state index in [9.17, 15) is 4.79 Å². The molecule has 0 unspecified atom stereocenters. The highest BCUT2D eigenvalue weighted by Crippen LogP contribution is 2.40. The van der Waals surface area contributed by atoms with E-state index in [0.717, 1.165) is 57.6 Å². The Morgan fingerprint density at radius 3 is 2.91 bits per heavy atom. The molecule has 1 N–H and O–H groups in total. The van der Waals surface area contributed by atoms with Gasteiger partial charge < -0.3 is 15.0 Å². The molecule has 23 heavy (non-hydrogen) atoms. The van der Waals surface area contributed by atoms with Crippen LogP contribution in [-0.4, -0.2) is 67.8 Å². The van der Waals surface area contributed by atoms with Gasteiger partial charge in [0.15, 0.2) is 0 Å². The topological polar surface area (TPSA) is 44.8 Å². The Morgan fingerprint density at radius 2 is 2.04 bits per heavy atom. The maximum atomic E-state index is 12.3. The first-order valence-electron chi connectivity index (χ1n) is 9.64. The average molecular weight is 323 g/mol. The molecule has 5 nitrogen and oxygen atoms in total. The summed E-state index contributed by atoms with van der Waals surface area (Å²) in [6.07, 6.45) is 7.28. The summed E-state index contributed by atoms with van der Waals surface area (Å²) in [4.78, 5) is 17.1. The summed E-state index contributed by atoms with van der Waals surface area (Å²) in [5.74, 6) is 1.43. The zero-order valence-electron chi connectivity index (χ0n) is 14.6. The van der Waals surface area contributed by atoms with Crippen LogP contribution < -0.4 is 5.32 Å². The van der Waals surface area contributed by atoms with Crippen LogP contribution in [-0.2, 0) is 4.74 Å². The van der Waals surface area contributed by atoms with E-state index in [1.54, 1.807) is 0 Å². The highest BCUT2D eigenvalue weighted by molar-refractivity contribution is 5.74. The first kappa shape index (κ1) is 17.0. The van der Waals surface area contributed by atoms with Gasteiger partial charge in [-0.25, -0.2) is 4.79 Å². The smallest absolute Gasteiger partial charge is 0.317 e. The second kappa shape index (κ2) is 8.34. The zero-order valence-corrected chi connectivity index (χ0v) is 14.6. The third-order valence-corrected chi connectivity index (χ3v) is 5.79. The maximum absolute atomic E-state index is 12.3.